The molecule has 0 atom stereocenters. The first kappa shape index (κ1) is 50.4. The Morgan fingerprint density at radius 2 is 0.800 bits per heavy atom. The van der Waals surface area contributed by atoms with Crippen LogP contribution in [0.2, 0.25) is 0 Å². The van der Waals surface area contributed by atoms with Gasteiger partial charge < -0.3 is 34.9 Å². The zero-order chi connectivity index (χ0) is 17.1. The molecule has 0 saturated heterocycles. The van der Waals surface area contributed by atoms with Gasteiger partial charge in [-0.2, -0.15) is 16.8 Å². The van der Waals surface area contributed by atoms with Crippen LogP contribution in [-0.4, -0.2) is 56.7 Å². The van der Waals surface area contributed by atoms with E-state index in [0.29, 0.717) is 0 Å². The summed E-state index contributed by atoms with van der Waals surface area (Å²) in [5.74, 6) is -6.31. The van der Waals surface area contributed by atoms with Crippen molar-refractivity contribution in [3.8, 4) is 0 Å². The summed E-state index contributed by atoms with van der Waals surface area (Å²) in [6.07, 6.45) is 0. The van der Waals surface area contributed by atoms with Crippen LogP contribution in [0.3, 0.4) is 0 Å². The molecule has 0 spiro atoms. The summed E-state index contributed by atoms with van der Waals surface area (Å²) in [7, 11) is -11.7. The molecule has 0 aliphatic heterocycles. The van der Waals surface area contributed by atoms with Gasteiger partial charge in [-0.15, -0.1) is 0 Å². The van der Waals surface area contributed by atoms with Gasteiger partial charge in [-0.05, 0) is 0 Å². The van der Waals surface area contributed by atoms with E-state index in [1.54, 1.807) is 0 Å². The Hall–Kier alpha value is 1.69. The van der Waals surface area contributed by atoms with Crippen LogP contribution in [0.5, 0.6) is 0 Å². The number of carbonyl (C=O) groups excluding carboxylic acids is 2. The Bertz CT molecular complexity index is 460. The summed E-state index contributed by atoms with van der Waals surface area (Å²) in [4.78, 5) is 18.7. The first-order valence-electron chi connectivity index (χ1n) is 3.84. The largest absolute Gasteiger partial charge is 1.00 e. The quantitative estimate of drug-likeness (QED) is 0.343. The van der Waals surface area contributed by atoms with Gasteiger partial charge in [0.25, 0.3) is 20.2 Å². The zero-order valence-corrected chi connectivity index (χ0v) is 15.8. The Balaban J connectivity index is -0.0000000274. The summed E-state index contributed by atoms with van der Waals surface area (Å²) in [5.41, 5.74) is 0. The second-order valence-corrected chi connectivity index (χ2v) is 5.39. The Kier molecular flexibility index (Phi) is 51.8. The van der Waals surface area contributed by atoms with Crippen molar-refractivity contribution in [2.75, 3.05) is 11.5 Å². The molecule has 25 heavy (non-hydrogen) atoms. The minimum atomic E-state index is -4.39. The van der Waals surface area contributed by atoms with Crippen LogP contribution in [0.25, 0.3) is 0 Å². The minimum absolute atomic E-state index is 0. The molecule has 0 saturated carbocycles. The van der Waals surface area contributed by atoms with Crippen LogP contribution in [0.15, 0.2) is 0 Å². The van der Waals surface area contributed by atoms with Gasteiger partial charge in [-0.1, -0.05) is 0 Å². The first-order chi connectivity index (χ1) is 8.57. The van der Waals surface area contributed by atoms with Crippen LogP contribution < -0.4 is 120 Å². The van der Waals surface area contributed by atoms with E-state index in [0.717, 1.165) is 0 Å². The smallest absolute Gasteiger partial charge is 0.907 e. The maximum Gasteiger partial charge on any atom is 1.00 e. The molecule has 0 heterocycles. The van der Waals surface area contributed by atoms with Gasteiger partial charge in [-0.25, -0.2) is 0 Å². The predicted molar refractivity (Wildman–Crippen MR) is 48.6 cm³/mol. The molecule has 0 aromatic rings. The van der Waals surface area contributed by atoms with E-state index in [4.69, 9.17) is 24.2 Å². The van der Waals surface area contributed by atoms with Gasteiger partial charge in [0.15, 0.2) is 0 Å². The van der Waals surface area contributed by atoms with Crippen LogP contribution in [0, 0.1) is 0 Å². The van der Waals surface area contributed by atoms with Gasteiger partial charge in [-0.3, -0.25) is 16.4 Å². The van der Waals surface area contributed by atoms with Crippen molar-refractivity contribution in [2.24, 2.45) is 0 Å². The molecule has 2 N–H and O–H groups in total. The number of rotatable bonds is 4. The standard InChI is InChI=1S/2C2H4O5S.BO3.5Li/c2*3-2(4)1-8(5,6)7;2-1(3)4;;;;;/h2*1H2,(H,3,4)(H,5,6,7);;;;;;/q;;-3;5*+1/p-2. The fraction of sp³-hybridized carbons (Fsp3) is 0.500. The third-order valence-corrected chi connectivity index (χ3v) is 1.80. The number of hydrogen-bond donors (Lipinski definition) is 2. The van der Waals surface area contributed by atoms with Gasteiger partial charge in [0.1, 0.15) is 11.5 Å². The molecular weight excluding hydrogens is 366 g/mol. The van der Waals surface area contributed by atoms with Crippen molar-refractivity contribution in [2.45, 2.75) is 0 Å². The van der Waals surface area contributed by atoms with Crippen molar-refractivity contribution < 1.29 is 155 Å². The van der Waals surface area contributed by atoms with E-state index >= 15 is 0 Å². The average molecular weight is 372 g/mol. The van der Waals surface area contributed by atoms with Crippen molar-refractivity contribution in [3.63, 3.8) is 0 Å². The second kappa shape index (κ2) is 25.7. The second-order valence-electron chi connectivity index (χ2n) is 2.49. The molecule has 0 fully saturated rings. The fourth-order valence-electron chi connectivity index (χ4n) is 0.298. The molecule has 0 rings (SSSR count). The number of hydrogen-bond acceptors (Lipinski definition) is 11. The van der Waals surface area contributed by atoms with E-state index < -0.39 is 51.0 Å². The van der Waals surface area contributed by atoms with Gasteiger partial charge in [0.2, 0.25) is 0 Å². The van der Waals surface area contributed by atoms with Crippen molar-refractivity contribution in [1.82, 2.24) is 0 Å². The third kappa shape index (κ3) is 105. The van der Waals surface area contributed by atoms with Crippen molar-refractivity contribution in [3.05, 3.63) is 0 Å². The molecule has 0 radical (unpaired) electrons. The molecule has 21 heteroatoms. The predicted octanol–water partition coefficient (Wildman–Crippen LogP) is -23.7. The van der Waals surface area contributed by atoms with Gasteiger partial charge in [0.05, 0.1) is 11.9 Å². The monoisotopic (exact) mass is 372 g/mol. The summed E-state index contributed by atoms with van der Waals surface area (Å²) in [5, 5.41) is 44.0. The van der Waals surface area contributed by atoms with Crippen LogP contribution in [0.1, 0.15) is 0 Å². The van der Waals surface area contributed by atoms with Gasteiger partial charge in [0, 0.05) is 0 Å². The summed E-state index contributed by atoms with van der Waals surface area (Å²) in [6.45, 7) is 0. The zero-order valence-electron chi connectivity index (χ0n) is 14.2. The van der Waals surface area contributed by atoms with E-state index in [2.05, 4.69) is 0 Å². The number of carboxylic acid groups (broad SMARTS) is 2. The van der Waals surface area contributed by atoms with Crippen molar-refractivity contribution >= 4 is 39.5 Å². The molecule has 0 aromatic carbocycles. The van der Waals surface area contributed by atoms with Crippen LogP contribution in [0.4, 0.5) is 0 Å². The molecular formula is C4H6BLi5O13S2. The topological polar surface area (TPSA) is 258 Å². The van der Waals surface area contributed by atoms with E-state index in [1.165, 1.54) is 0 Å². The molecule has 0 amide bonds. The molecule has 0 bridgehead atoms. The SMILES string of the molecule is O=C([O-])CS(=O)(=O)O.O=C([O-])CS(=O)(=O)O.[Li+].[Li+].[Li+].[Li+].[Li+].[O-]B([O-])[O-]. The maximum atomic E-state index is 9.58. The number of carboxylic acids is 2. The normalized spacial score (nSPS) is 8.20. The maximum absolute atomic E-state index is 9.58. The van der Waals surface area contributed by atoms with E-state index in [9.17, 15) is 36.6 Å². The summed E-state index contributed by atoms with van der Waals surface area (Å²) in [6, 6.07) is 0. The minimum Gasteiger partial charge on any atom is -0.907 e. The average Bonchev–Trinajstić information content (AvgIpc) is 1.90. The van der Waals surface area contributed by atoms with Crippen molar-refractivity contribution in [1.29, 1.82) is 0 Å². The third-order valence-electron chi connectivity index (χ3n) is 0.601. The number of aliphatic carboxylic acids is 2. The summed E-state index contributed by atoms with van der Waals surface area (Å²) < 4.78 is 53.8. The molecule has 0 aromatic heterocycles. The molecule has 120 valence electrons. The van der Waals surface area contributed by atoms with E-state index in [-0.39, 0.29) is 94.3 Å². The number of carbonyl (C=O) groups is 2. The van der Waals surface area contributed by atoms with Gasteiger partial charge >= 0.3 is 94.3 Å². The van der Waals surface area contributed by atoms with Crippen LogP contribution in [-0.2, 0) is 29.8 Å². The van der Waals surface area contributed by atoms with E-state index in [1.807, 2.05) is 0 Å². The molecule has 0 aliphatic carbocycles. The molecule has 0 aliphatic rings. The first-order valence-corrected chi connectivity index (χ1v) is 7.06. The Morgan fingerprint density at radius 3 is 0.800 bits per heavy atom. The summed E-state index contributed by atoms with van der Waals surface area (Å²) >= 11 is 0. The fourth-order valence-corrected chi connectivity index (χ4v) is 0.894. The van der Waals surface area contributed by atoms with Crippen LogP contribution >= 0.6 is 0 Å². The molecule has 0 unspecified atom stereocenters. The Labute approximate surface area is 204 Å². The molecule has 13 nitrogen and oxygen atoms in total. The Morgan fingerprint density at radius 1 is 0.680 bits per heavy atom.